The first-order valence-electron chi connectivity index (χ1n) is 11.3. The highest BCUT2D eigenvalue weighted by Crippen LogP contribution is 2.37. The Kier molecular flexibility index (Phi) is 8.84. The van der Waals surface area contributed by atoms with Gasteiger partial charge < -0.3 is 0 Å². The van der Waals surface area contributed by atoms with E-state index in [1.165, 1.54) is 38.2 Å². The highest BCUT2D eigenvalue weighted by molar-refractivity contribution is 5.98. The molecule has 1 aromatic carbocycles. The lowest BCUT2D eigenvalue weighted by Crippen LogP contribution is -2.16. The zero-order valence-electron chi connectivity index (χ0n) is 19.7. The molecule has 0 aliphatic carbocycles. The van der Waals surface area contributed by atoms with E-state index >= 15 is 0 Å². The van der Waals surface area contributed by atoms with Crippen LogP contribution in [0.15, 0.2) is 36.7 Å². The predicted octanol–water partition coefficient (Wildman–Crippen LogP) is 7.58. The third-order valence-electron chi connectivity index (χ3n) is 6.47. The van der Waals surface area contributed by atoms with Crippen LogP contribution in [-0.4, -0.2) is 22.3 Å². The number of halogens is 3. The van der Waals surface area contributed by atoms with Crippen molar-refractivity contribution in [2.24, 2.45) is 5.92 Å². The number of unbranched alkanes of at least 4 members (excludes halogenated alkanes) is 1. The summed E-state index contributed by atoms with van der Waals surface area (Å²) >= 11 is 0. The predicted molar refractivity (Wildman–Crippen MR) is 122 cm³/mol. The van der Waals surface area contributed by atoms with Gasteiger partial charge in [0.05, 0.1) is 11.1 Å². The Hall–Kier alpha value is -2.17. The fourth-order valence-electron chi connectivity index (χ4n) is 4.26. The van der Waals surface area contributed by atoms with Crippen LogP contribution in [0.2, 0.25) is 0 Å². The molecule has 170 valence electrons. The smallest absolute Gasteiger partial charge is 0.264 e. The lowest BCUT2D eigenvalue weighted by Gasteiger charge is -2.15. The average Bonchev–Trinajstić information content (AvgIpc) is 2.99. The van der Waals surface area contributed by atoms with Crippen molar-refractivity contribution in [3.63, 3.8) is 0 Å². The van der Waals surface area contributed by atoms with Gasteiger partial charge in [-0.1, -0.05) is 58.9 Å². The van der Waals surface area contributed by atoms with E-state index in [0.717, 1.165) is 34.4 Å². The van der Waals surface area contributed by atoms with E-state index < -0.39 is 11.7 Å². The summed E-state index contributed by atoms with van der Waals surface area (Å²) in [5.41, 5.74) is 4.13. The normalized spacial score (nSPS) is 15.7. The maximum absolute atomic E-state index is 12.8. The molecule has 31 heavy (non-hydrogen) atoms. The molecule has 3 rings (SSSR count). The maximum atomic E-state index is 12.8. The van der Waals surface area contributed by atoms with Gasteiger partial charge in [-0.05, 0) is 36.6 Å². The molecule has 0 amide bonds. The van der Waals surface area contributed by atoms with Gasteiger partial charge in [0.1, 0.15) is 7.05 Å². The second-order valence-electron chi connectivity index (χ2n) is 8.46. The summed E-state index contributed by atoms with van der Waals surface area (Å²) in [5.74, 6) is 1.00. The van der Waals surface area contributed by atoms with Crippen molar-refractivity contribution in [2.45, 2.75) is 78.9 Å². The van der Waals surface area contributed by atoms with E-state index in [2.05, 4.69) is 30.3 Å². The fraction of sp³-hybridized carbons (Fsp3) is 0.538. The van der Waals surface area contributed by atoms with E-state index in [-0.39, 0.29) is 6.04 Å². The molecule has 1 aliphatic rings. The third-order valence-corrected chi connectivity index (χ3v) is 6.47. The zero-order chi connectivity index (χ0) is 23.2. The Bertz CT molecular complexity index is 896. The average molecular weight is 434 g/mol. The maximum Gasteiger partial charge on any atom is 0.416 e. The quantitative estimate of drug-likeness (QED) is 0.429. The van der Waals surface area contributed by atoms with Crippen LogP contribution in [0.25, 0.3) is 0 Å². The molecule has 2 aromatic rings. The number of aryl methyl sites for hydroxylation is 1. The van der Waals surface area contributed by atoms with Crippen molar-refractivity contribution in [1.29, 1.82) is 0 Å². The first-order valence-corrected chi connectivity index (χ1v) is 11.3. The number of benzene rings is 1. The Morgan fingerprint density at radius 3 is 2.26 bits per heavy atom. The van der Waals surface area contributed by atoms with Gasteiger partial charge in [0.15, 0.2) is 5.71 Å². The van der Waals surface area contributed by atoms with Crippen LogP contribution in [0.5, 0.6) is 0 Å². The molecule has 0 spiro atoms. The molecule has 0 N–H and O–H groups in total. The minimum absolute atomic E-state index is 0.0692. The van der Waals surface area contributed by atoms with Gasteiger partial charge in [-0.2, -0.15) is 13.2 Å². The second kappa shape index (κ2) is 10.9. The zero-order valence-corrected chi connectivity index (χ0v) is 19.7. The Morgan fingerprint density at radius 1 is 1.03 bits per heavy atom. The van der Waals surface area contributed by atoms with Gasteiger partial charge >= 0.3 is 6.18 Å². The molecule has 1 aliphatic heterocycles. The lowest BCUT2D eigenvalue weighted by molar-refractivity contribution is -0.528. The number of fused-ring (bicyclic) bond motifs is 1. The van der Waals surface area contributed by atoms with Crippen molar-refractivity contribution < 1.29 is 17.7 Å². The Balaban J connectivity index is 0.000000323. The summed E-state index contributed by atoms with van der Waals surface area (Å²) < 4.78 is 40.6. The van der Waals surface area contributed by atoms with E-state index in [9.17, 15) is 13.2 Å². The molecule has 0 bridgehead atoms. The van der Waals surface area contributed by atoms with E-state index in [4.69, 9.17) is 0 Å². The van der Waals surface area contributed by atoms with Crippen LogP contribution in [0.4, 0.5) is 13.2 Å². The molecule has 0 fully saturated rings. The number of hydrogen-bond acceptors (Lipinski definition) is 1. The number of rotatable bonds is 6. The van der Waals surface area contributed by atoms with Crippen molar-refractivity contribution in [1.82, 2.24) is 4.98 Å². The summed E-state index contributed by atoms with van der Waals surface area (Å²) in [7, 11) is 1.96. The van der Waals surface area contributed by atoms with Gasteiger partial charge in [-0.15, -0.1) is 0 Å². The first-order chi connectivity index (χ1) is 14.6. The van der Waals surface area contributed by atoms with Crippen LogP contribution >= 0.6 is 0 Å². The van der Waals surface area contributed by atoms with Gasteiger partial charge in [0.25, 0.3) is 0 Å². The SMILES string of the molecule is CC1=[N+](C)C(c2ccc(C(F)(F)F)cc2C)c2ccncc21.CCCCC(CC)CC. The summed E-state index contributed by atoms with van der Waals surface area (Å²) in [4.78, 5) is 4.14. The molecular formula is C26H36F3N2+. The van der Waals surface area contributed by atoms with Crippen LogP contribution < -0.4 is 0 Å². The van der Waals surface area contributed by atoms with E-state index in [1.54, 1.807) is 25.4 Å². The first kappa shape index (κ1) is 25.1. The standard InChI is InChI=1S/C17H16F3N2.C9H20/c1-10-8-12(17(18,19)20)4-5-13(10)16-14-6-7-21-9-15(14)11(2)22(16)3;1-4-7-8-9(5-2)6-3/h4-9,16H,1-3H3;9H,4-8H2,1-3H3/q+1;. The monoisotopic (exact) mass is 433 g/mol. The van der Waals surface area contributed by atoms with Gasteiger partial charge in [0, 0.05) is 30.4 Å². The fourth-order valence-corrected chi connectivity index (χ4v) is 4.26. The van der Waals surface area contributed by atoms with Gasteiger partial charge in [0.2, 0.25) is 6.04 Å². The van der Waals surface area contributed by atoms with Crippen molar-refractivity contribution in [3.05, 3.63) is 64.5 Å². The molecule has 0 saturated carbocycles. The molecule has 1 unspecified atom stereocenters. The molecule has 0 saturated heterocycles. The highest BCUT2D eigenvalue weighted by atomic mass is 19.4. The van der Waals surface area contributed by atoms with Crippen LogP contribution in [0.3, 0.4) is 0 Å². The largest absolute Gasteiger partial charge is 0.416 e. The molecule has 1 aromatic heterocycles. The minimum atomic E-state index is -4.31. The molecular weight excluding hydrogens is 397 g/mol. The van der Waals surface area contributed by atoms with Crippen LogP contribution in [0.1, 0.15) is 93.7 Å². The number of hydrogen-bond donors (Lipinski definition) is 0. The highest BCUT2D eigenvalue weighted by Gasteiger charge is 2.37. The van der Waals surface area contributed by atoms with Gasteiger partial charge in [-0.3, -0.25) is 4.98 Å². The number of alkyl halides is 3. The minimum Gasteiger partial charge on any atom is -0.264 e. The summed E-state index contributed by atoms with van der Waals surface area (Å²) in [6.45, 7) is 10.6. The van der Waals surface area contributed by atoms with Crippen LogP contribution in [0, 0.1) is 12.8 Å². The number of nitrogens with zero attached hydrogens (tertiary/aromatic N) is 2. The molecule has 2 nitrogen and oxygen atoms in total. The van der Waals surface area contributed by atoms with Crippen molar-refractivity contribution >= 4 is 5.71 Å². The van der Waals surface area contributed by atoms with Crippen molar-refractivity contribution in [2.75, 3.05) is 7.05 Å². The molecule has 0 radical (unpaired) electrons. The molecule has 2 heterocycles. The Morgan fingerprint density at radius 2 is 1.71 bits per heavy atom. The van der Waals surface area contributed by atoms with E-state index in [0.29, 0.717) is 5.56 Å². The topological polar surface area (TPSA) is 15.9 Å². The van der Waals surface area contributed by atoms with Crippen LogP contribution in [-0.2, 0) is 6.18 Å². The summed E-state index contributed by atoms with van der Waals surface area (Å²) in [6, 6.07) is 5.83. The number of pyridine rings is 1. The summed E-state index contributed by atoms with van der Waals surface area (Å²) in [6.07, 6.45) is 6.19. The second-order valence-corrected chi connectivity index (χ2v) is 8.46. The number of aromatic nitrogens is 1. The molecule has 5 heteroatoms. The lowest BCUT2D eigenvalue weighted by atomic mass is 9.93. The van der Waals surface area contributed by atoms with Crippen molar-refractivity contribution in [3.8, 4) is 0 Å². The van der Waals surface area contributed by atoms with E-state index in [1.807, 2.05) is 20.0 Å². The third kappa shape index (κ3) is 5.96. The summed E-state index contributed by atoms with van der Waals surface area (Å²) in [5, 5.41) is 0. The Labute approximate surface area is 185 Å². The van der Waals surface area contributed by atoms with Gasteiger partial charge in [-0.25, -0.2) is 4.58 Å². The molecule has 1 atom stereocenters.